The fourth-order valence-electron chi connectivity index (χ4n) is 6.24. The zero-order valence-corrected chi connectivity index (χ0v) is 28.4. The molecule has 23 atom stereocenters. The smallest absolute Gasteiger partial charge is 0.187 e. The second-order valence-electron chi connectivity index (χ2n) is 13.3. The minimum absolute atomic E-state index is 0.415. The third-order valence-corrected chi connectivity index (χ3v) is 9.55. The molecule has 25 heteroatoms. The van der Waals surface area contributed by atoms with Crippen LogP contribution in [0.5, 0.6) is 0 Å². The van der Waals surface area contributed by atoms with E-state index in [4.69, 9.17) is 43.0 Å². The Hall–Kier alpha value is -1.00. The highest BCUT2D eigenvalue weighted by Gasteiger charge is 2.54. The number of ether oxygens (including phenoxy) is 8. The van der Waals surface area contributed by atoms with Crippen LogP contribution >= 0.6 is 0 Å². The van der Waals surface area contributed by atoms with Crippen molar-refractivity contribution in [2.75, 3.05) is 39.6 Å². The van der Waals surface area contributed by atoms with E-state index in [9.17, 15) is 81.7 Å². The standard InChI is InChI=1S/C29H52O25/c30-1-7(34)14(38)23(8(35)2-31)52-28-21(45)17(41)25(10(3-32)49-28)54-29-22(46)18(42)24(11(4-33)50-29)53-27-20(44)16(40)15(39)12(51-27)6-48-26-19(43)13(37)9(36)5-47-26/h7-46H,1-6H2/t7-,8+,9+,10+,11+,12+,13-,14+,15+,16-,17+,18+,19+,20+,21+,22+,23+,24+,25+,26+,27-,28-,29-/m0/s1. The number of hydrogen-bond acceptors (Lipinski definition) is 25. The van der Waals surface area contributed by atoms with Crippen molar-refractivity contribution in [3.8, 4) is 0 Å². The maximum absolute atomic E-state index is 11.0. The van der Waals surface area contributed by atoms with Gasteiger partial charge in [-0.15, -0.1) is 0 Å². The topological polar surface area (TPSA) is 418 Å². The molecule has 54 heavy (non-hydrogen) atoms. The first kappa shape index (κ1) is 45.7. The van der Waals surface area contributed by atoms with Crippen LogP contribution in [0.3, 0.4) is 0 Å². The van der Waals surface area contributed by atoms with Gasteiger partial charge in [0.15, 0.2) is 25.2 Å². The van der Waals surface area contributed by atoms with Crippen LogP contribution in [0.15, 0.2) is 0 Å². The number of hydrogen-bond donors (Lipinski definition) is 17. The van der Waals surface area contributed by atoms with Gasteiger partial charge in [0.05, 0.1) is 39.6 Å². The lowest BCUT2D eigenvalue weighted by Gasteiger charge is -2.48. The lowest BCUT2D eigenvalue weighted by atomic mass is 9.96. The van der Waals surface area contributed by atoms with Gasteiger partial charge in [-0.2, -0.15) is 0 Å². The first-order valence-electron chi connectivity index (χ1n) is 16.9. The molecule has 4 aliphatic rings. The van der Waals surface area contributed by atoms with E-state index in [2.05, 4.69) is 0 Å². The molecule has 4 rings (SSSR count). The fourth-order valence-corrected chi connectivity index (χ4v) is 6.24. The van der Waals surface area contributed by atoms with Gasteiger partial charge in [-0.25, -0.2) is 0 Å². The average molecular weight is 801 g/mol. The lowest BCUT2D eigenvalue weighted by molar-refractivity contribution is -0.384. The number of aliphatic hydroxyl groups is 17. The summed E-state index contributed by atoms with van der Waals surface area (Å²) in [4.78, 5) is 0. The molecule has 17 N–H and O–H groups in total. The van der Waals surface area contributed by atoms with E-state index in [1.807, 2.05) is 0 Å². The Morgan fingerprint density at radius 1 is 0.500 bits per heavy atom. The predicted molar refractivity (Wildman–Crippen MR) is 163 cm³/mol. The quantitative estimate of drug-likeness (QED) is 0.0689. The van der Waals surface area contributed by atoms with E-state index < -0.39 is 181 Å². The largest absolute Gasteiger partial charge is 0.394 e. The molecule has 0 bridgehead atoms. The second kappa shape index (κ2) is 20.1. The van der Waals surface area contributed by atoms with Crippen LogP contribution in [0.4, 0.5) is 0 Å². The van der Waals surface area contributed by atoms with Gasteiger partial charge >= 0.3 is 0 Å². The molecule has 0 unspecified atom stereocenters. The predicted octanol–water partition coefficient (Wildman–Crippen LogP) is -11.6. The summed E-state index contributed by atoms with van der Waals surface area (Å²) >= 11 is 0. The maximum Gasteiger partial charge on any atom is 0.187 e. The summed E-state index contributed by atoms with van der Waals surface area (Å²) < 4.78 is 43.5. The Bertz CT molecular complexity index is 1110. The van der Waals surface area contributed by atoms with Crippen LogP contribution in [0.1, 0.15) is 0 Å². The van der Waals surface area contributed by atoms with E-state index in [0.717, 1.165) is 0 Å². The molecule has 4 saturated heterocycles. The number of aliphatic hydroxyl groups excluding tert-OH is 17. The Morgan fingerprint density at radius 3 is 1.48 bits per heavy atom. The summed E-state index contributed by atoms with van der Waals surface area (Å²) in [6, 6.07) is 0. The molecule has 0 aromatic carbocycles. The van der Waals surface area contributed by atoms with Crippen molar-refractivity contribution in [2.45, 2.75) is 141 Å². The van der Waals surface area contributed by atoms with Crippen LogP contribution in [-0.4, -0.2) is 268 Å². The summed E-state index contributed by atoms with van der Waals surface area (Å²) in [6.45, 7) is -5.04. The summed E-state index contributed by atoms with van der Waals surface area (Å²) in [5.74, 6) is 0. The van der Waals surface area contributed by atoms with E-state index in [1.165, 1.54) is 0 Å². The third-order valence-electron chi connectivity index (χ3n) is 9.55. The molecule has 0 spiro atoms. The highest BCUT2D eigenvalue weighted by atomic mass is 16.8. The van der Waals surface area contributed by atoms with Crippen molar-refractivity contribution in [3.63, 3.8) is 0 Å². The SMILES string of the molecule is OC[C@@H](O)[C@@H](O[C@@H]1O[C@H](CO)[C@@H](O[C@@H]2O[C@H](CO)[C@@H](O[C@@H]3O[C@H](CO[C@H]4OC[C@@H](O)[C@H](O)[C@H]4O)[C@@H](O)[C@H](O)[C@H]3O)[C@H](O)[C@H]2O)[C@H](O)[C@H]1O)[C@H](O)[C@@H](O)CO. The molecule has 0 radical (unpaired) electrons. The van der Waals surface area contributed by atoms with Crippen molar-refractivity contribution in [1.29, 1.82) is 0 Å². The second-order valence-corrected chi connectivity index (χ2v) is 13.3. The molecule has 318 valence electrons. The molecule has 0 amide bonds. The van der Waals surface area contributed by atoms with Crippen LogP contribution in [0, 0.1) is 0 Å². The van der Waals surface area contributed by atoms with Crippen molar-refractivity contribution in [2.24, 2.45) is 0 Å². The fraction of sp³-hybridized carbons (Fsp3) is 1.00. The Labute approximate surface area is 305 Å². The first-order valence-corrected chi connectivity index (χ1v) is 16.9. The monoisotopic (exact) mass is 800 g/mol. The molecular weight excluding hydrogens is 748 g/mol. The Balaban J connectivity index is 1.41. The molecular formula is C29H52O25. The average Bonchev–Trinajstić information content (AvgIpc) is 3.17. The van der Waals surface area contributed by atoms with Crippen LogP contribution < -0.4 is 0 Å². The highest BCUT2D eigenvalue weighted by Crippen LogP contribution is 2.33. The van der Waals surface area contributed by atoms with Gasteiger partial charge in [0.25, 0.3) is 0 Å². The maximum atomic E-state index is 11.0. The zero-order valence-electron chi connectivity index (χ0n) is 28.4. The van der Waals surface area contributed by atoms with Crippen LogP contribution in [0.2, 0.25) is 0 Å². The van der Waals surface area contributed by atoms with Gasteiger partial charge < -0.3 is 125 Å². The first-order chi connectivity index (χ1) is 25.5. The van der Waals surface area contributed by atoms with Gasteiger partial charge in [0.2, 0.25) is 0 Å². The van der Waals surface area contributed by atoms with Crippen molar-refractivity contribution >= 4 is 0 Å². The number of rotatable bonds is 16. The molecule has 0 aromatic heterocycles. The summed E-state index contributed by atoms with van der Waals surface area (Å²) in [5, 5.41) is 174. The van der Waals surface area contributed by atoms with Crippen molar-refractivity contribution in [3.05, 3.63) is 0 Å². The molecule has 0 aromatic rings. The normalized spacial score (nSPS) is 47.2. The van der Waals surface area contributed by atoms with Gasteiger partial charge in [0, 0.05) is 0 Å². The van der Waals surface area contributed by atoms with Gasteiger partial charge in [-0.05, 0) is 0 Å². The van der Waals surface area contributed by atoms with E-state index in [1.54, 1.807) is 0 Å². The minimum Gasteiger partial charge on any atom is -0.394 e. The summed E-state index contributed by atoms with van der Waals surface area (Å²) in [5.41, 5.74) is 0. The van der Waals surface area contributed by atoms with Gasteiger partial charge in [0.1, 0.15) is 116 Å². The van der Waals surface area contributed by atoms with E-state index in [-0.39, 0.29) is 0 Å². The lowest BCUT2D eigenvalue weighted by Crippen LogP contribution is -2.67. The zero-order chi connectivity index (χ0) is 40.2. The van der Waals surface area contributed by atoms with Crippen molar-refractivity contribution < 1.29 is 125 Å². The van der Waals surface area contributed by atoms with Crippen LogP contribution in [0.25, 0.3) is 0 Å². The molecule has 25 nitrogen and oxygen atoms in total. The minimum atomic E-state index is -2.12. The van der Waals surface area contributed by atoms with Gasteiger partial charge in [-0.3, -0.25) is 0 Å². The van der Waals surface area contributed by atoms with E-state index in [0.29, 0.717) is 0 Å². The summed E-state index contributed by atoms with van der Waals surface area (Å²) in [6.07, 6.45) is -42.4. The molecule has 0 aliphatic carbocycles. The Morgan fingerprint density at radius 2 is 0.963 bits per heavy atom. The molecule has 4 aliphatic heterocycles. The molecule has 0 saturated carbocycles. The van der Waals surface area contributed by atoms with Crippen LogP contribution in [-0.2, 0) is 37.9 Å². The van der Waals surface area contributed by atoms with Gasteiger partial charge in [-0.1, -0.05) is 0 Å². The molecule has 4 fully saturated rings. The summed E-state index contributed by atoms with van der Waals surface area (Å²) in [7, 11) is 0. The van der Waals surface area contributed by atoms with E-state index >= 15 is 0 Å². The highest BCUT2D eigenvalue weighted by molar-refractivity contribution is 4.97. The Kier molecular flexibility index (Phi) is 17.0. The third kappa shape index (κ3) is 9.99. The van der Waals surface area contributed by atoms with Crippen molar-refractivity contribution in [1.82, 2.24) is 0 Å². The molecule has 4 heterocycles.